The standard InChI is InChI=1S/C21H30N6/c1-26-20(13-15-3-4-15)18(14-23-26)19-9-10-22-21(25-19)24-16-5-7-17(8-6-16)27-11-2-12-27/h9-10,14-17H,2-8,11-13H2,1H3,(H,22,24,25)/t16-,17-. The predicted octanol–water partition coefficient (Wildman–Crippen LogP) is 3.26. The number of likely N-dealkylation sites (tertiary alicyclic amines) is 1. The molecule has 6 nitrogen and oxygen atoms in total. The second kappa shape index (κ2) is 7.23. The fourth-order valence-electron chi connectivity index (χ4n) is 4.57. The number of hydrogen-bond donors (Lipinski definition) is 1. The zero-order valence-electron chi connectivity index (χ0n) is 16.3. The molecule has 0 aromatic carbocycles. The van der Waals surface area contributed by atoms with E-state index in [4.69, 9.17) is 4.98 Å². The van der Waals surface area contributed by atoms with Gasteiger partial charge in [-0.3, -0.25) is 4.68 Å². The summed E-state index contributed by atoms with van der Waals surface area (Å²) >= 11 is 0. The van der Waals surface area contributed by atoms with Crippen molar-refractivity contribution in [3.8, 4) is 11.3 Å². The Balaban J connectivity index is 1.26. The highest BCUT2D eigenvalue weighted by Gasteiger charge is 2.29. The zero-order valence-corrected chi connectivity index (χ0v) is 16.3. The van der Waals surface area contributed by atoms with Crippen LogP contribution >= 0.6 is 0 Å². The minimum absolute atomic E-state index is 0.498. The van der Waals surface area contributed by atoms with Gasteiger partial charge in [-0.05, 0) is 76.4 Å². The van der Waals surface area contributed by atoms with E-state index in [0.29, 0.717) is 6.04 Å². The highest BCUT2D eigenvalue weighted by Crippen LogP contribution is 2.35. The van der Waals surface area contributed by atoms with Crippen LogP contribution in [-0.2, 0) is 13.5 Å². The molecule has 2 aliphatic carbocycles. The number of aromatic nitrogens is 4. The summed E-state index contributed by atoms with van der Waals surface area (Å²) in [6, 6.07) is 3.32. The number of aryl methyl sites for hydroxylation is 1. The van der Waals surface area contributed by atoms with Gasteiger partial charge in [0.2, 0.25) is 5.95 Å². The minimum atomic E-state index is 0.498. The zero-order chi connectivity index (χ0) is 18.2. The van der Waals surface area contributed by atoms with Crippen molar-refractivity contribution in [3.63, 3.8) is 0 Å². The first kappa shape index (κ1) is 17.2. The summed E-state index contributed by atoms with van der Waals surface area (Å²) in [7, 11) is 2.04. The Bertz CT molecular complexity index is 784. The number of nitrogens with zero attached hydrogens (tertiary/aromatic N) is 5. The lowest BCUT2D eigenvalue weighted by molar-refractivity contribution is 0.0888. The Labute approximate surface area is 161 Å². The molecular weight excluding hydrogens is 336 g/mol. The smallest absolute Gasteiger partial charge is 0.223 e. The molecule has 27 heavy (non-hydrogen) atoms. The molecule has 5 rings (SSSR count). The second-order valence-electron chi connectivity index (χ2n) is 8.58. The third kappa shape index (κ3) is 3.72. The summed E-state index contributed by atoms with van der Waals surface area (Å²) in [5.74, 6) is 1.60. The topological polar surface area (TPSA) is 58.9 Å². The normalized spacial score (nSPS) is 26.0. The average molecular weight is 367 g/mol. The molecule has 0 spiro atoms. The third-order valence-corrected chi connectivity index (χ3v) is 6.61. The van der Waals surface area contributed by atoms with Gasteiger partial charge in [0.1, 0.15) is 0 Å². The first-order valence-electron chi connectivity index (χ1n) is 10.6. The van der Waals surface area contributed by atoms with Crippen LogP contribution in [0, 0.1) is 5.92 Å². The van der Waals surface area contributed by atoms with E-state index in [1.807, 2.05) is 30.2 Å². The van der Waals surface area contributed by atoms with E-state index in [2.05, 4.69) is 20.3 Å². The van der Waals surface area contributed by atoms with Crippen LogP contribution < -0.4 is 5.32 Å². The lowest BCUT2D eigenvalue weighted by Gasteiger charge is -2.42. The summed E-state index contributed by atoms with van der Waals surface area (Å²) < 4.78 is 2.01. The molecule has 3 fully saturated rings. The molecule has 1 aliphatic heterocycles. The van der Waals surface area contributed by atoms with Crippen molar-refractivity contribution in [1.82, 2.24) is 24.6 Å². The number of hydrogen-bond acceptors (Lipinski definition) is 5. The van der Waals surface area contributed by atoms with Crippen molar-refractivity contribution in [2.75, 3.05) is 18.4 Å². The summed E-state index contributed by atoms with van der Waals surface area (Å²) in [6.45, 7) is 2.62. The van der Waals surface area contributed by atoms with Gasteiger partial charge in [-0.2, -0.15) is 5.10 Å². The Hall–Kier alpha value is -1.95. The second-order valence-corrected chi connectivity index (χ2v) is 8.58. The van der Waals surface area contributed by atoms with E-state index in [0.717, 1.165) is 35.6 Å². The van der Waals surface area contributed by atoms with Crippen molar-refractivity contribution in [3.05, 3.63) is 24.2 Å². The molecule has 0 radical (unpaired) electrons. The lowest BCUT2D eigenvalue weighted by Crippen LogP contribution is -2.47. The van der Waals surface area contributed by atoms with Gasteiger partial charge in [-0.15, -0.1) is 0 Å². The van der Waals surface area contributed by atoms with Gasteiger partial charge in [0.05, 0.1) is 11.9 Å². The van der Waals surface area contributed by atoms with Gasteiger partial charge < -0.3 is 10.2 Å². The fraction of sp³-hybridized carbons (Fsp3) is 0.667. The predicted molar refractivity (Wildman–Crippen MR) is 107 cm³/mol. The molecule has 1 saturated heterocycles. The average Bonchev–Trinajstić information content (AvgIpc) is 3.38. The maximum absolute atomic E-state index is 4.83. The van der Waals surface area contributed by atoms with E-state index >= 15 is 0 Å². The van der Waals surface area contributed by atoms with E-state index in [9.17, 15) is 0 Å². The maximum Gasteiger partial charge on any atom is 0.223 e. The summed E-state index contributed by atoms with van der Waals surface area (Å²) in [5, 5.41) is 8.09. The van der Waals surface area contributed by atoms with Crippen LogP contribution in [0.5, 0.6) is 0 Å². The van der Waals surface area contributed by atoms with Crippen LogP contribution in [0.3, 0.4) is 0 Å². The molecule has 0 unspecified atom stereocenters. The van der Waals surface area contributed by atoms with Gasteiger partial charge >= 0.3 is 0 Å². The summed E-state index contributed by atoms with van der Waals surface area (Å²) in [6.07, 6.45) is 14.1. The van der Waals surface area contributed by atoms with Gasteiger partial charge in [-0.25, -0.2) is 9.97 Å². The van der Waals surface area contributed by atoms with E-state index in [-0.39, 0.29) is 0 Å². The molecule has 0 amide bonds. The Morgan fingerprint density at radius 1 is 1.11 bits per heavy atom. The maximum atomic E-state index is 4.83. The monoisotopic (exact) mass is 366 g/mol. The van der Waals surface area contributed by atoms with Gasteiger partial charge in [0.25, 0.3) is 0 Å². The summed E-state index contributed by atoms with van der Waals surface area (Å²) in [5.41, 5.74) is 3.46. The van der Waals surface area contributed by atoms with Crippen LogP contribution in [0.15, 0.2) is 18.5 Å². The van der Waals surface area contributed by atoms with E-state index in [1.165, 1.54) is 63.7 Å². The minimum Gasteiger partial charge on any atom is -0.351 e. The Kier molecular flexibility index (Phi) is 4.60. The molecule has 0 bridgehead atoms. The third-order valence-electron chi connectivity index (χ3n) is 6.61. The van der Waals surface area contributed by atoms with Crippen LogP contribution in [0.1, 0.15) is 50.6 Å². The van der Waals surface area contributed by atoms with E-state index < -0.39 is 0 Å². The molecule has 0 atom stereocenters. The molecule has 2 saturated carbocycles. The van der Waals surface area contributed by atoms with Gasteiger partial charge in [-0.1, -0.05) is 0 Å². The number of rotatable bonds is 6. The first-order chi connectivity index (χ1) is 13.3. The fourth-order valence-corrected chi connectivity index (χ4v) is 4.57. The Morgan fingerprint density at radius 2 is 1.93 bits per heavy atom. The highest BCUT2D eigenvalue weighted by molar-refractivity contribution is 5.62. The molecule has 1 N–H and O–H groups in total. The van der Waals surface area contributed by atoms with Crippen molar-refractivity contribution < 1.29 is 0 Å². The van der Waals surface area contributed by atoms with Crippen LogP contribution in [0.25, 0.3) is 11.3 Å². The largest absolute Gasteiger partial charge is 0.351 e. The number of nitrogens with one attached hydrogen (secondary N) is 1. The molecule has 2 aromatic heterocycles. The molecule has 144 valence electrons. The molecular formula is C21H30N6. The van der Waals surface area contributed by atoms with Crippen LogP contribution in [-0.4, -0.2) is 49.8 Å². The molecule has 3 aliphatic rings. The highest BCUT2D eigenvalue weighted by atomic mass is 15.3. The molecule has 2 aromatic rings. The van der Waals surface area contributed by atoms with Gasteiger partial charge in [0.15, 0.2) is 0 Å². The molecule has 3 heterocycles. The van der Waals surface area contributed by atoms with Crippen LogP contribution in [0.4, 0.5) is 5.95 Å². The van der Waals surface area contributed by atoms with Crippen molar-refractivity contribution in [2.24, 2.45) is 13.0 Å². The van der Waals surface area contributed by atoms with Gasteiger partial charge in [0, 0.05) is 36.6 Å². The SMILES string of the molecule is Cn1ncc(-c2ccnc(N[C@H]3CC[C@H](N4CCC4)CC3)n2)c1CC1CC1. The van der Waals surface area contributed by atoms with Crippen LogP contribution in [0.2, 0.25) is 0 Å². The molecule has 6 heteroatoms. The first-order valence-corrected chi connectivity index (χ1v) is 10.6. The van der Waals surface area contributed by atoms with Crippen molar-refractivity contribution in [2.45, 2.75) is 63.5 Å². The van der Waals surface area contributed by atoms with E-state index in [1.54, 1.807) is 0 Å². The summed E-state index contributed by atoms with van der Waals surface area (Å²) in [4.78, 5) is 12.0. The van der Waals surface area contributed by atoms with Crippen molar-refractivity contribution >= 4 is 5.95 Å². The lowest BCUT2D eigenvalue weighted by atomic mass is 9.89. The number of anilines is 1. The van der Waals surface area contributed by atoms with Crippen molar-refractivity contribution in [1.29, 1.82) is 0 Å². The quantitative estimate of drug-likeness (QED) is 0.850. The Morgan fingerprint density at radius 3 is 2.63 bits per heavy atom.